The Morgan fingerprint density at radius 3 is 2.50 bits per heavy atom. The molecule has 132 valence electrons. The average molecular weight is 363 g/mol. The zero-order chi connectivity index (χ0) is 18.0. The van der Waals surface area contributed by atoms with Crippen LogP contribution in [0, 0.1) is 0 Å². The molecular weight excluding hydrogens is 341 g/mol. The zero-order valence-electron chi connectivity index (χ0n) is 14.3. The molecule has 0 saturated carbocycles. The van der Waals surface area contributed by atoms with Crippen LogP contribution in [0.25, 0.3) is 0 Å². The Morgan fingerprint density at radius 1 is 1.19 bits per heavy atom. The van der Waals surface area contributed by atoms with Gasteiger partial charge in [0.2, 0.25) is 0 Å². The zero-order valence-corrected chi connectivity index (χ0v) is 14.3. The number of carboxylic acids is 1. The molecule has 1 amide bonds. The molecule has 3 rings (SSSR count). The molecule has 1 fully saturated rings. The van der Waals surface area contributed by atoms with E-state index >= 15 is 0 Å². The van der Waals surface area contributed by atoms with Crippen LogP contribution in [0.15, 0.2) is 48.5 Å². The molecule has 6 heteroatoms. The molecule has 1 saturated heterocycles. The fraction of sp³-hybridized carbons (Fsp3) is 0.300. The van der Waals surface area contributed by atoms with Crippen molar-refractivity contribution in [1.82, 2.24) is 0 Å². The molecule has 5 nitrogen and oxygen atoms in total. The van der Waals surface area contributed by atoms with Gasteiger partial charge < -0.3 is 14.7 Å². The molecule has 1 heterocycles. The van der Waals surface area contributed by atoms with Gasteiger partial charge in [0.05, 0.1) is 5.56 Å². The summed E-state index contributed by atoms with van der Waals surface area (Å²) in [5.74, 6) is -0.0370. The van der Waals surface area contributed by atoms with Crippen molar-refractivity contribution in [3.8, 4) is 5.75 Å². The molecule has 0 spiro atoms. The van der Waals surface area contributed by atoms with Crippen LogP contribution in [-0.2, 0) is 4.79 Å². The standard InChI is InChI=1S/C20H21NO4.Na.H/c1-13(2)14-6-8-17(9-7-14)25-18-10-11-21(19(18)22)16-5-3-4-15(12-16)20(23)24;;/h3-9,12-13,18H,10-11H2,1-2H3,(H,23,24);;. The molecule has 0 aliphatic carbocycles. The molecular formula is C20H22NNaO4. The Hall–Kier alpha value is -1.82. The Bertz CT molecular complexity index is 789. The third kappa shape index (κ3) is 4.47. The number of carbonyl (C=O) groups excluding carboxylic acids is 1. The molecule has 1 atom stereocenters. The van der Waals surface area contributed by atoms with Crippen molar-refractivity contribution in [2.45, 2.75) is 32.3 Å². The minimum absolute atomic E-state index is 0. The first kappa shape index (κ1) is 20.5. The number of hydrogen-bond acceptors (Lipinski definition) is 3. The third-order valence-electron chi connectivity index (χ3n) is 4.39. The normalized spacial score (nSPS) is 16.5. The molecule has 1 unspecified atom stereocenters. The van der Waals surface area contributed by atoms with Gasteiger partial charge >= 0.3 is 35.5 Å². The van der Waals surface area contributed by atoms with Gasteiger partial charge in [0.1, 0.15) is 5.75 Å². The summed E-state index contributed by atoms with van der Waals surface area (Å²) in [6.45, 7) is 4.76. The number of benzene rings is 2. The van der Waals surface area contributed by atoms with E-state index < -0.39 is 12.1 Å². The molecule has 2 aromatic carbocycles. The topological polar surface area (TPSA) is 66.8 Å². The summed E-state index contributed by atoms with van der Waals surface area (Å²) in [6, 6.07) is 14.2. The monoisotopic (exact) mass is 363 g/mol. The van der Waals surface area contributed by atoms with Crippen LogP contribution < -0.4 is 9.64 Å². The first-order chi connectivity index (χ1) is 12.0. The van der Waals surface area contributed by atoms with E-state index in [1.54, 1.807) is 17.0 Å². The van der Waals surface area contributed by atoms with E-state index in [9.17, 15) is 9.59 Å². The molecule has 26 heavy (non-hydrogen) atoms. The van der Waals surface area contributed by atoms with Crippen LogP contribution >= 0.6 is 0 Å². The van der Waals surface area contributed by atoms with Gasteiger partial charge in [-0.25, -0.2) is 4.79 Å². The summed E-state index contributed by atoms with van der Waals surface area (Å²) >= 11 is 0. The van der Waals surface area contributed by atoms with Gasteiger partial charge in [-0.05, 0) is 41.8 Å². The minimum atomic E-state index is -1.01. The SMILES string of the molecule is CC(C)c1ccc(OC2CCN(c3cccc(C(=O)O)c3)C2=O)cc1.[NaH]. The summed E-state index contributed by atoms with van der Waals surface area (Å²) in [4.78, 5) is 25.3. The summed E-state index contributed by atoms with van der Waals surface area (Å²) in [5.41, 5.74) is 1.97. The number of hydrogen-bond donors (Lipinski definition) is 1. The van der Waals surface area contributed by atoms with Crippen molar-refractivity contribution in [3.63, 3.8) is 0 Å². The van der Waals surface area contributed by atoms with Crippen LogP contribution in [0.4, 0.5) is 5.69 Å². The van der Waals surface area contributed by atoms with Gasteiger partial charge in [-0.2, -0.15) is 0 Å². The van der Waals surface area contributed by atoms with E-state index in [1.807, 2.05) is 24.3 Å². The van der Waals surface area contributed by atoms with E-state index in [2.05, 4.69) is 13.8 Å². The van der Waals surface area contributed by atoms with Gasteiger partial charge in [-0.1, -0.05) is 32.0 Å². The van der Waals surface area contributed by atoms with Crippen molar-refractivity contribution in [1.29, 1.82) is 0 Å². The van der Waals surface area contributed by atoms with E-state index in [0.717, 1.165) is 0 Å². The van der Waals surface area contributed by atoms with Gasteiger partial charge in [0.15, 0.2) is 6.10 Å². The number of aromatic carboxylic acids is 1. The molecule has 0 bridgehead atoms. The van der Waals surface area contributed by atoms with E-state index in [4.69, 9.17) is 9.84 Å². The summed E-state index contributed by atoms with van der Waals surface area (Å²) in [7, 11) is 0. The molecule has 2 aromatic rings. The molecule has 1 aliphatic heterocycles. The first-order valence-electron chi connectivity index (χ1n) is 8.37. The predicted octanol–water partition coefficient (Wildman–Crippen LogP) is 3.04. The maximum atomic E-state index is 12.6. The Balaban J connectivity index is 0.00000243. The van der Waals surface area contributed by atoms with Crippen LogP contribution in [0.5, 0.6) is 5.75 Å². The van der Waals surface area contributed by atoms with Gasteiger partial charge in [0, 0.05) is 18.7 Å². The van der Waals surface area contributed by atoms with Gasteiger partial charge in [0.25, 0.3) is 5.91 Å². The second kappa shape index (κ2) is 8.71. The van der Waals surface area contributed by atoms with Crippen molar-refractivity contribution in [2.75, 3.05) is 11.4 Å². The number of carboxylic acid groups (broad SMARTS) is 1. The Kier molecular flexibility index (Phi) is 6.87. The van der Waals surface area contributed by atoms with Crippen molar-refractivity contribution < 1.29 is 19.4 Å². The third-order valence-corrected chi connectivity index (χ3v) is 4.39. The second-order valence-electron chi connectivity index (χ2n) is 6.46. The number of rotatable bonds is 5. The summed E-state index contributed by atoms with van der Waals surface area (Å²) < 4.78 is 5.84. The quantitative estimate of drug-likeness (QED) is 0.829. The fourth-order valence-electron chi connectivity index (χ4n) is 2.92. The maximum absolute atomic E-state index is 12.6. The van der Waals surface area contributed by atoms with Crippen molar-refractivity contribution >= 4 is 47.1 Å². The number of amides is 1. The van der Waals surface area contributed by atoms with Crippen molar-refractivity contribution in [2.24, 2.45) is 0 Å². The van der Waals surface area contributed by atoms with E-state index in [-0.39, 0.29) is 41.0 Å². The second-order valence-corrected chi connectivity index (χ2v) is 6.46. The number of carbonyl (C=O) groups is 2. The van der Waals surface area contributed by atoms with E-state index in [1.165, 1.54) is 17.7 Å². The number of ether oxygens (including phenoxy) is 1. The van der Waals surface area contributed by atoms with E-state index in [0.29, 0.717) is 30.3 Å². The average Bonchev–Trinajstić information content (AvgIpc) is 2.96. The molecule has 0 radical (unpaired) electrons. The van der Waals surface area contributed by atoms with Crippen LogP contribution in [0.3, 0.4) is 0 Å². The first-order valence-corrected chi connectivity index (χ1v) is 8.37. The van der Waals surface area contributed by atoms with Crippen LogP contribution in [-0.4, -0.2) is 59.2 Å². The number of anilines is 1. The van der Waals surface area contributed by atoms with Crippen LogP contribution in [0.1, 0.15) is 42.1 Å². The Labute approximate surface area is 175 Å². The number of nitrogens with zero attached hydrogens (tertiary/aromatic N) is 1. The van der Waals surface area contributed by atoms with Gasteiger partial charge in [-0.3, -0.25) is 4.79 Å². The van der Waals surface area contributed by atoms with Gasteiger partial charge in [-0.15, -0.1) is 0 Å². The Morgan fingerprint density at radius 2 is 1.88 bits per heavy atom. The fourth-order valence-corrected chi connectivity index (χ4v) is 2.92. The summed E-state index contributed by atoms with van der Waals surface area (Å²) in [5, 5.41) is 9.10. The predicted molar refractivity (Wildman–Crippen MR) is 102 cm³/mol. The molecule has 0 aromatic heterocycles. The molecule has 1 aliphatic rings. The van der Waals surface area contributed by atoms with Crippen molar-refractivity contribution in [3.05, 3.63) is 59.7 Å². The summed E-state index contributed by atoms with van der Waals surface area (Å²) in [6.07, 6.45) is 0.0283. The van der Waals surface area contributed by atoms with Crippen LogP contribution in [0.2, 0.25) is 0 Å². The molecule has 1 N–H and O–H groups in total.